The number of hydrogen-bond acceptors (Lipinski definition) is 3. The molecule has 3 nitrogen and oxygen atoms in total. The van der Waals surface area contributed by atoms with Crippen molar-refractivity contribution in [1.82, 2.24) is 5.32 Å². The zero-order chi connectivity index (χ0) is 12.2. The Morgan fingerprint density at radius 3 is 2.38 bits per heavy atom. The fourth-order valence-corrected chi connectivity index (χ4v) is 2.23. The van der Waals surface area contributed by atoms with Crippen LogP contribution in [0.3, 0.4) is 0 Å². The van der Waals surface area contributed by atoms with Gasteiger partial charge in [-0.25, -0.2) is 8.42 Å². The van der Waals surface area contributed by atoms with Gasteiger partial charge < -0.3 is 5.32 Å². The van der Waals surface area contributed by atoms with E-state index in [0.717, 1.165) is 5.56 Å². The molecule has 1 rings (SSSR count). The first-order chi connectivity index (χ1) is 7.38. The Kier molecular flexibility index (Phi) is 4.12. The summed E-state index contributed by atoms with van der Waals surface area (Å²) in [5, 5.41) is 4.38. The van der Waals surface area contributed by atoms with E-state index in [1.165, 1.54) is 11.7 Å². The fraction of sp³-hybridized carbons (Fsp3) is 0.333. The van der Waals surface area contributed by atoms with E-state index in [1.807, 2.05) is 37.3 Å². The highest BCUT2D eigenvalue weighted by atomic mass is 32.2. The molecule has 0 radical (unpaired) electrons. The summed E-state index contributed by atoms with van der Waals surface area (Å²) in [6.45, 7) is 3.75. The molecule has 1 aromatic rings. The first kappa shape index (κ1) is 12.8. The van der Waals surface area contributed by atoms with Crippen LogP contribution in [0.15, 0.2) is 41.4 Å². The number of benzene rings is 1. The van der Waals surface area contributed by atoms with Crippen LogP contribution in [0.4, 0.5) is 0 Å². The van der Waals surface area contributed by atoms with Gasteiger partial charge in [0.15, 0.2) is 9.84 Å². The van der Waals surface area contributed by atoms with E-state index in [4.69, 9.17) is 0 Å². The minimum absolute atomic E-state index is 0.0965. The van der Waals surface area contributed by atoms with Crippen molar-refractivity contribution in [3.05, 3.63) is 47.0 Å². The highest BCUT2D eigenvalue weighted by Gasteiger charge is 2.05. The fourth-order valence-electron chi connectivity index (χ4n) is 1.52. The van der Waals surface area contributed by atoms with Gasteiger partial charge >= 0.3 is 0 Å². The van der Waals surface area contributed by atoms with Gasteiger partial charge in [0.2, 0.25) is 0 Å². The standard InChI is InChI=1S/C12H17NO2S/c1-10(9-16(3,14)15)13-11(2)12-7-5-4-6-8-12/h4-9,11,13H,1-3H3/b10-9-. The average molecular weight is 239 g/mol. The Bertz CT molecular complexity index is 463. The Morgan fingerprint density at radius 1 is 1.31 bits per heavy atom. The second kappa shape index (κ2) is 5.16. The molecule has 0 saturated carbocycles. The molecule has 0 aromatic heterocycles. The zero-order valence-electron chi connectivity index (χ0n) is 9.77. The van der Waals surface area contributed by atoms with Crippen LogP contribution in [0.1, 0.15) is 25.5 Å². The van der Waals surface area contributed by atoms with E-state index in [1.54, 1.807) is 6.92 Å². The van der Waals surface area contributed by atoms with E-state index in [9.17, 15) is 8.42 Å². The molecule has 0 fully saturated rings. The molecule has 1 aromatic carbocycles. The van der Waals surface area contributed by atoms with Crippen LogP contribution < -0.4 is 5.32 Å². The number of nitrogens with one attached hydrogen (secondary N) is 1. The van der Waals surface area contributed by atoms with Gasteiger partial charge in [0.1, 0.15) is 0 Å². The van der Waals surface area contributed by atoms with Gasteiger partial charge in [-0.3, -0.25) is 0 Å². The average Bonchev–Trinajstić information content (AvgIpc) is 2.16. The van der Waals surface area contributed by atoms with Gasteiger partial charge in [-0.15, -0.1) is 0 Å². The summed E-state index contributed by atoms with van der Waals surface area (Å²) in [6.07, 6.45) is 1.19. The molecular formula is C12H17NO2S. The summed E-state index contributed by atoms with van der Waals surface area (Å²) in [4.78, 5) is 0. The van der Waals surface area contributed by atoms with Gasteiger partial charge in [-0.05, 0) is 19.4 Å². The molecule has 0 amide bonds. The summed E-state index contributed by atoms with van der Waals surface area (Å²) in [7, 11) is -3.08. The lowest BCUT2D eigenvalue weighted by molar-refractivity contribution is 0.608. The topological polar surface area (TPSA) is 46.2 Å². The quantitative estimate of drug-likeness (QED) is 0.876. The zero-order valence-corrected chi connectivity index (χ0v) is 10.6. The maximum atomic E-state index is 11.0. The van der Waals surface area contributed by atoms with Crippen molar-refractivity contribution in [1.29, 1.82) is 0 Å². The monoisotopic (exact) mass is 239 g/mol. The van der Waals surface area contributed by atoms with Gasteiger partial charge in [-0.1, -0.05) is 30.3 Å². The SMILES string of the molecule is C/C(=C/S(C)(=O)=O)NC(C)c1ccccc1. The lowest BCUT2D eigenvalue weighted by Gasteiger charge is -2.15. The largest absolute Gasteiger partial charge is 0.381 e. The molecule has 1 atom stereocenters. The van der Waals surface area contributed by atoms with Crippen LogP contribution in [0, 0.1) is 0 Å². The van der Waals surface area contributed by atoms with Crippen molar-refractivity contribution in [3.63, 3.8) is 0 Å². The Hall–Kier alpha value is -1.29. The molecule has 16 heavy (non-hydrogen) atoms. The Balaban J connectivity index is 2.73. The molecule has 4 heteroatoms. The van der Waals surface area contributed by atoms with Crippen LogP contribution in [0.5, 0.6) is 0 Å². The van der Waals surface area contributed by atoms with E-state index in [2.05, 4.69) is 5.32 Å². The summed E-state index contributed by atoms with van der Waals surface area (Å²) in [5.41, 5.74) is 1.78. The highest BCUT2D eigenvalue weighted by molar-refractivity contribution is 7.93. The van der Waals surface area contributed by atoms with Gasteiger partial charge in [0.25, 0.3) is 0 Å². The molecule has 0 aliphatic rings. The molecule has 1 unspecified atom stereocenters. The van der Waals surface area contributed by atoms with E-state index in [-0.39, 0.29) is 6.04 Å². The van der Waals surface area contributed by atoms with Crippen LogP contribution in [0.2, 0.25) is 0 Å². The summed E-state index contributed by atoms with van der Waals surface area (Å²) in [6, 6.07) is 9.98. The maximum Gasteiger partial charge on any atom is 0.170 e. The second-order valence-corrected chi connectivity index (χ2v) is 5.80. The van der Waals surface area contributed by atoms with Crippen LogP contribution in [-0.2, 0) is 9.84 Å². The van der Waals surface area contributed by atoms with Crippen molar-refractivity contribution >= 4 is 9.84 Å². The minimum Gasteiger partial charge on any atom is -0.381 e. The number of rotatable bonds is 4. The van der Waals surface area contributed by atoms with Gasteiger partial charge in [-0.2, -0.15) is 0 Å². The van der Waals surface area contributed by atoms with E-state index >= 15 is 0 Å². The number of sulfone groups is 1. The predicted octanol–water partition coefficient (Wildman–Crippen LogP) is 2.24. The number of allylic oxidation sites excluding steroid dienone is 1. The molecule has 1 N–H and O–H groups in total. The molecule has 0 heterocycles. The molecule has 0 saturated heterocycles. The molecule has 88 valence electrons. The van der Waals surface area contributed by atoms with Crippen LogP contribution in [0.25, 0.3) is 0 Å². The molecule has 0 bridgehead atoms. The molecule has 0 spiro atoms. The van der Waals surface area contributed by atoms with Crippen molar-refractivity contribution in [2.24, 2.45) is 0 Å². The molecule has 0 aliphatic heterocycles. The van der Waals surface area contributed by atoms with Crippen LogP contribution in [-0.4, -0.2) is 14.7 Å². The molecular weight excluding hydrogens is 222 g/mol. The summed E-state index contributed by atoms with van der Waals surface area (Å²) < 4.78 is 22.1. The second-order valence-electron chi connectivity index (χ2n) is 3.91. The van der Waals surface area contributed by atoms with E-state index in [0.29, 0.717) is 5.70 Å². The maximum absolute atomic E-state index is 11.0. The Morgan fingerprint density at radius 2 is 1.88 bits per heavy atom. The molecule has 0 aliphatic carbocycles. The lowest BCUT2D eigenvalue weighted by Crippen LogP contribution is -2.17. The van der Waals surface area contributed by atoms with Crippen molar-refractivity contribution < 1.29 is 8.42 Å². The smallest absolute Gasteiger partial charge is 0.170 e. The first-order valence-corrected chi connectivity index (χ1v) is 7.04. The summed E-state index contributed by atoms with van der Waals surface area (Å²) >= 11 is 0. The van der Waals surface area contributed by atoms with Crippen molar-refractivity contribution in [3.8, 4) is 0 Å². The van der Waals surface area contributed by atoms with Crippen molar-refractivity contribution in [2.75, 3.05) is 6.26 Å². The third kappa shape index (κ3) is 4.49. The Labute approximate surface area is 97.1 Å². The third-order valence-corrected chi connectivity index (χ3v) is 2.92. The number of hydrogen-bond donors (Lipinski definition) is 1. The van der Waals surface area contributed by atoms with Gasteiger partial charge in [0.05, 0.1) is 0 Å². The predicted molar refractivity (Wildman–Crippen MR) is 66.6 cm³/mol. The van der Waals surface area contributed by atoms with E-state index < -0.39 is 9.84 Å². The van der Waals surface area contributed by atoms with Crippen molar-refractivity contribution in [2.45, 2.75) is 19.9 Å². The lowest BCUT2D eigenvalue weighted by atomic mass is 10.1. The minimum atomic E-state index is -3.08. The third-order valence-electron chi connectivity index (χ3n) is 2.13. The van der Waals surface area contributed by atoms with Gasteiger partial charge in [0, 0.05) is 23.4 Å². The normalized spacial score (nSPS) is 14.6. The summed E-state index contributed by atoms with van der Waals surface area (Å²) in [5.74, 6) is 0. The first-order valence-electron chi connectivity index (χ1n) is 5.08. The van der Waals surface area contributed by atoms with Crippen LogP contribution >= 0.6 is 0 Å². The highest BCUT2D eigenvalue weighted by Crippen LogP contribution is 2.12.